The number of ketones is 1. The number of rotatable bonds is 6. The standard InChI is InChI=1S/C19H29N3O4S/c1-4-18(23)15-5-7-17(8-6-15)27(24,25)22-14-16(13-21(2)3)26-19(22)9-11-20-12-10-19/h5-8,16,20H,4,9-14H2,1-3H3. The molecule has 8 heteroatoms. The van der Waals surface area contributed by atoms with E-state index in [1.54, 1.807) is 23.4 Å². The Balaban J connectivity index is 1.91. The molecule has 150 valence electrons. The predicted molar refractivity (Wildman–Crippen MR) is 103 cm³/mol. The lowest BCUT2D eigenvalue weighted by Crippen LogP contribution is -2.53. The molecule has 1 unspecified atom stereocenters. The van der Waals surface area contributed by atoms with Gasteiger partial charge in [0, 0.05) is 37.9 Å². The molecule has 0 radical (unpaired) electrons. The number of benzene rings is 1. The molecule has 7 nitrogen and oxygen atoms in total. The van der Waals surface area contributed by atoms with Gasteiger partial charge >= 0.3 is 0 Å². The molecule has 2 aliphatic heterocycles. The number of nitrogens with zero attached hydrogens (tertiary/aromatic N) is 2. The number of carbonyl (C=O) groups is 1. The molecule has 1 spiro atoms. The van der Waals surface area contributed by atoms with Crippen molar-refractivity contribution in [2.24, 2.45) is 0 Å². The maximum absolute atomic E-state index is 13.4. The van der Waals surface area contributed by atoms with Gasteiger partial charge in [0.15, 0.2) is 5.78 Å². The minimum absolute atomic E-state index is 0.00401. The number of hydrogen-bond donors (Lipinski definition) is 1. The summed E-state index contributed by atoms with van der Waals surface area (Å²) in [5.74, 6) is 0.00401. The van der Waals surface area contributed by atoms with E-state index in [4.69, 9.17) is 4.74 Å². The molecule has 2 aliphatic rings. The van der Waals surface area contributed by atoms with Gasteiger partial charge in [0.05, 0.1) is 11.0 Å². The van der Waals surface area contributed by atoms with Crippen LogP contribution in [0, 0.1) is 0 Å². The third kappa shape index (κ3) is 4.09. The smallest absolute Gasteiger partial charge is 0.245 e. The Morgan fingerprint density at radius 3 is 2.44 bits per heavy atom. The van der Waals surface area contributed by atoms with Crippen LogP contribution in [-0.2, 0) is 14.8 Å². The Morgan fingerprint density at radius 2 is 1.89 bits per heavy atom. The van der Waals surface area contributed by atoms with Crippen LogP contribution in [0.5, 0.6) is 0 Å². The van der Waals surface area contributed by atoms with Gasteiger partial charge in [-0.25, -0.2) is 8.42 Å². The van der Waals surface area contributed by atoms with E-state index in [-0.39, 0.29) is 16.8 Å². The number of nitrogens with one attached hydrogen (secondary N) is 1. The van der Waals surface area contributed by atoms with Gasteiger partial charge in [0.1, 0.15) is 5.72 Å². The number of Topliss-reactive ketones (excluding diaryl/α,β-unsaturated/α-hetero) is 1. The topological polar surface area (TPSA) is 79.0 Å². The van der Waals surface area contributed by atoms with Crippen LogP contribution in [0.1, 0.15) is 36.5 Å². The minimum Gasteiger partial charge on any atom is -0.353 e. The number of piperidine rings is 1. The van der Waals surface area contributed by atoms with Crippen molar-refractivity contribution >= 4 is 15.8 Å². The normalized spacial score (nSPS) is 23.2. The summed E-state index contributed by atoms with van der Waals surface area (Å²) in [6, 6.07) is 6.27. The molecule has 1 N–H and O–H groups in total. The van der Waals surface area contributed by atoms with Gasteiger partial charge < -0.3 is 15.0 Å². The van der Waals surface area contributed by atoms with Crippen LogP contribution in [0.2, 0.25) is 0 Å². The number of sulfonamides is 1. The van der Waals surface area contributed by atoms with Crippen molar-refractivity contribution < 1.29 is 17.9 Å². The van der Waals surface area contributed by atoms with Gasteiger partial charge in [-0.15, -0.1) is 0 Å². The summed E-state index contributed by atoms with van der Waals surface area (Å²) in [5.41, 5.74) is -0.251. The summed E-state index contributed by atoms with van der Waals surface area (Å²) in [5, 5.41) is 3.28. The number of likely N-dealkylation sites (N-methyl/N-ethyl adjacent to an activating group) is 1. The van der Waals surface area contributed by atoms with Gasteiger partial charge in [-0.05, 0) is 39.3 Å². The van der Waals surface area contributed by atoms with Crippen LogP contribution in [0.3, 0.4) is 0 Å². The number of carbonyl (C=O) groups excluding carboxylic acids is 1. The Kier molecular flexibility index (Phi) is 6.02. The lowest BCUT2D eigenvalue weighted by molar-refractivity contribution is -0.100. The monoisotopic (exact) mass is 395 g/mol. The Morgan fingerprint density at radius 1 is 1.26 bits per heavy atom. The average molecular weight is 396 g/mol. The van der Waals surface area contributed by atoms with Crippen molar-refractivity contribution in [3.63, 3.8) is 0 Å². The summed E-state index contributed by atoms with van der Waals surface area (Å²) < 4.78 is 34.7. The third-order valence-corrected chi connectivity index (χ3v) is 7.18. The van der Waals surface area contributed by atoms with Crippen LogP contribution in [-0.4, -0.2) is 75.5 Å². The summed E-state index contributed by atoms with van der Waals surface area (Å²) in [7, 11) is 0.201. The van der Waals surface area contributed by atoms with Crippen molar-refractivity contribution in [2.75, 3.05) is 40.3 Å². The second kappa shape index (κ2) is 7.97. The largest absolute Gasteiger partial charge is 0.353 e. The molecule has 0 saturated carbocycles. The molecular weight excluding hydrogens is 366 g/mol. The maximum atomic E-state index is 13.4. The number of ether oxygens (including phenoxy) is 1. The van der Waals surface area contributed by atoms with Gasteiger partial charge in [-0.1, -0.05) is 19.1 Å². The SMILES string of the molecule is CCC(=O)c1ccc(S(=O)(=O)N2CC(CN(C)C)OC23CCNCC3)cc1. The zero-order valence-electron chi connectivity index (χ0n) is 16.3. The zero-order valence-corrected chi connectivity index (χ0v) is 17.1. The molecule has 1 aromatic rings. The van der Waals surface area contributed by atoms with E-state index in [0.29, 0.717) is 37.9 Å². The third-order valence-electron chi connectivity index (χ3n) is 5.25. The lowest BCUT2D eigenvalue weighted by atomic mass is 10.0. The van der Waals surface area contributed by atoms with Crippen molar-refractivity contribution in [2.45, 2.75) is 42.9 Å². The molecule has 0 amide bonds. The van der Waals surface area contributed by atoms with Crippen LogP contribution in [0.25, 0.3) is 0 Å². The summed E-state index contributed by atoms with van der Waals surface area (Å²) in [6.45, 7) is 4.26. The summed E-state index contributed by atoms with van der Waals surface area (Å²) in [4.78, 5) is 14.1. The molecule has 27 heavy (non-hydrogen) atoms. The minimum atomic E-state index is -3.71. The fourth-order valence-electron chi connectivity index (χ4n) is 3.91. The fraction of sp³-hybridized carbons (Fsp3) is 0.632. The molecule has 2 fully saturated rings. The van der Waals surface area contributed by atoms with Crippen molar-refractivity contribution in [1.29, 1.82) is 0 Å². The van der Waals surface area contributed by atoms with Crippen LogP contribution >= 0.6 is 0 Å². The molecule has 0 aromatic heterocycles. The van der Waals surface area contributed by atoms with E-state index in [1.807, 2.05) is 19.0 Å². The molecule has 2 saturated heterocycles. The van der Waals surface area contributed by atoms with E-state index in [2.05, 4.69) is 5.32 Å². The van der Waals surface area contributed by atoms with Crippen molar-refractivity contribution in [3.05, 3.63) is 29.8 Å². The molecule has 0 bridgehead atoms. The first-order chi connectivity index (χ1) is 12.8. The second-order valence-corrected chi connectivity index (χ2v) is 9.40. The van der Waals surface area contributed by atoms with Crippen molar-refractivity contribution in [3.8, 4) is 0 Å². The van der Waals surface area contributed by atoms with E-state index in [0.717, 1.165) is 13.1 Å². The maximum Gasteiger partial charge on any atom is 0.245 e. The van der Waals surface area contributed by atoms with E-state index < -0.39 is 15.7 Å². The molecule has 1 aromatic carbocycles. The van der Waals surface area contributed by atoms with Crippen molar-refractivity contribution in [1.82, 2.24) is 14.5 Å². The van der Waals surface area contributed by atoms with Gasteiger partial charge in [0.2, 0.25) is 10.0 Å². The van der Waals surface area contributed by atoms with E-state index in [9.17, 15) is 13.2 Å². The average Bonchev–Trinajstić information content (AvgIpc) is 2.99. The highest BCUT2D eigenvalue weighted by Gasteiger charge is 2.52. The van der Waals surface area contributed by atoms with Gasteiger partial charge in [-0.3, -0.25) is 4.79 Å². The predicted octanol–water partition coefficient (Wildman–Crippen LogP) is 1.31. The van der Waals surface area contributed by atoms with E-state index in [1.165, 1.54) is 12.1 Å². The zero-order chi connectivity index (χ0) is 19.7. The highest BCUT2D eigenvalue weighted by Crippen LogP contribution is 2.39. The van der Waals surface area contributed by atoms with Crippen LogP contribution in [0.4, 0.5) is 0 Å². The fourth-order valence-corrected chi connectivity index (χ4v) is 5.67. The van der Waals surface area contributed by atoms with Crippen LogP contribution < -0.4 is 5.32 Å². The molecule has 0 aliphatic carbocycles. The molecule has 3 rings (SSSR count). The first-order valence-corrected chi connectivity index (χ1v) is 10.9. The highest BCUT2D eigenvalue weighted by atomic mass is 32.2. The van der Waals surface area contributed by atoms with E-state index >= 15 is 0 Å². The first-order valence-electron chi connectivity index (χ1n) is 9.48. The Hall–Kier alpha value is -1.32. The van der Waals surface area contributed by atoms with Crippen LogP contribution in [0.15, 0.2) is 29.2 Å². The lowest BCUT2D eigenvalue weighted by Gasteiger charge is -2.39. The number of hydrogen-bond acceptors (Lipinski definition) is 6. The van der Waals surface area contributed by atoms with Gasteiger partial charge in [0.25, 0.3) is 0 Å². The molecule has 1 atom stereocenters. The molecule has 2 heterocycles. The summed E-state index contributed by atoms with van der Waals surface area (Å²) in [6.07, 6.45) is 1.49. The molecular formula is C19H29N3O4S. The summed E-state index contributed by atoms with van der Waals surface area (Å²) >= 11 is 0. The van der Waals surface area contributed by atoms with Gasteiger partial charge in [-0.2, -0.15) is 4.31 Å². The quantitative estimate of drug-likeness (QED) is 0.732. The first kappa shape index (κ1) is 20.4. The Bertz CT molecular complexity index is 771. The Labute approximate surface area is 161 Å². The highest BCUT2D eigenvalue weighted by molar-refractivity contribution is 7.89. The second-order valence-electron chi connectivity index (χ2n) is 7.54.